The Hall–Kier alpha value is -1.17. The van der Waals surface area contributed by atoms with Crippen molar-refractivity contribution in [2.45, 2.75) is 43.9 Å². The monoisotopic (exact) mass is 318 g/mol. The Morgan fingerprint density at radius 1 is 1.22 bits per heavy atom. The van der Waals surface area contributed by atoms with E-state index in [0.717, 1.165) is 51.0 Å². The Morgan fingerprint density at radius 2 is 2.13 bits per heavy atom. The van der Waals surface area contributed by atoms with Crippen molar-refractivity contribution >= 4 is 0 Å². The molecule has 0 saturated carbocycles. The van der Waals surface area contributed by atoms with Crippen LogP contribution in [0.3, 0.4) is 0 Å². The number of fused-ring (bicyclic) bond motifs is 1. The second-order valence-electron chi connectivity index (χ2n) is 6.90. The topological polar surface area (TPSA) is 43.8 Å². The van der Waals surface area contributed by atoms with Gasteiger partial charge in [0, 0.05) is 45.1 Å². The highest BCUT2D eigenvalue weighted by Gasteiger charge is 2.45. The molecule has 0 spiro atoms. The van der Waals surface area contributed by atoms with Crippen LogP contribution in [0.2, 0.25) is 0 Å². The summed E-state index contributed by atoms with van der Waals surface area (Å²) in [5.41, 5.74) is 0. The van der Waals surface area contributed by atoms with Crippen molar-refractivity contribution in [1.82, 2.24) is 9.88 Å². The van der Waals surface area contributed by atoms with Crippen molar-refractivity contribution in [2.24, 2.45) is 5.92 Å². The fourth-order valence-corrected chi connectivity index (χ4v) is 4.17. The second kappa shape index (κ2) is 7.16. The van der Waals surface area contributed by atoms with E-state index in [1.165, 1.54) is 19.3 Å². The summed E-state index contributed by atoms with van der Waals surface area (Å²) in [6.45, 7) is 4.80. The molecule has 0 unspecified atom stereocenters. The van der Waals surface area contributed by atoms with Crippen LogP contribution >= 0.6 is 0 Å². The summed E-state index contributed by atoms with van der Waals surface area (Å²) in [7, 11) is 0. The second-order valence-corrected chi connectivity index (χ2v) is 6.90. The lowest BCUT2D eigenvalue weighted by atomic mass is 9.97. The van der Waals surface area contributed by atoms with E-state index in [-0.39, 0.29) is 12.2 Å². The zero-order valence-electron chi connectivity index (χ0n) is 13.6. The number of rotatable bonds is 4. The van der Waals surface area contributed by atoms with Gasteiger partial charge in [-0.2, -0.15) is 0 Å². The van der Waals surface area contributed by atoms with Crippen molar-refractivity contribution in [3.8, 4) is 5.75 Å². The molecule has 3 aliphatic heterocycles. The molecule has 0 amide bonds. The first kappa shape index (κ1) is 15.4. The van der Waals surface area contributed by atoms with E-state index < -0.39 is 0 Å². The lowest BCUT2D eigenvalue weighted by Crippen LogP contribution is -2.44. The van der Waals surface area contributed by atoms with Gasteiger partial charge in [-0.1, -0.05) is 0 Å². The molecule has 0 aromatic carbocycles. The molecule has 3 fully saturated rings. The van der Waals surface area contributed by atoms with Crippen LogP contribution in [0.25, 0.3) is 0 Å². The number of ether oxygens (including phenoxy) is 3. The molecule has 1 aromatic rings. The van der Waals surface area contributed by atoms with Gasteiger partial charge in [-0.3, -0.25) is 9.88 Å². The van der Waals surface area contributed by atoms with Gasteiger partial charge in [0.05, 0.1) is 6.20 Å². The van der Waals surface area contributed by atoms with Crippen molar-refractivity contribution < 1.29 is 14.2 Å². The van der Waals surface area contributed by atoms with E-state index in [4.69, 9.17) is 14.2 Å². The predicted molar refractivity (Wildman–Crippen MR) is 86.5 cm³/mol. The van der Waals surface area contributed by atoms with Crippen molar-refractivity contribution in [3.63, 3.8) is 0 Å². The van der Waals surface area contributed by atoms with Gasteiger partial charge in [0.2, 0.25) is 0 Å². The minimum atomic E-state index is 0.115. The van der Waals surface area contributed by atoms with Gasteiger partial charge < -0.3 is 14.2 Å². The molecule has 3 aliphatic rings. The first-order valence-electron chi connectivity index (χ1n) is 8.90. The molecule has 3 saturated heterocycles. The zero-order chi connectivity index (χ0) is 15.5. The van der Waals surface area contributed by atoms with E-state index >= 15 is 0 Å². The molecule has 0 aliphatic carbocycles. The number of nitrogens with zero attached hydrogens (tertiary/aromatic N) is 2. The smallest absolute Gasteiger partial charge is 0.139 e. The Kier molecular flexibility index (Phi) is 4.78. The summed E-state index contributed by atoms with van der Waals surface area (Å²) < 4.78 is 17.8. The number of hydrogen-bond donors (Lipinski definition) is 0. The van der Waals surface area contributed by atoms with E-state index in [0.29, 0.717) is 6.04 Å². The Labute approximate surface area is 137 Å². The Balaban J connectivity index is 1.43. The summed E-state index contributed by atoms with van der Waals surface area (Å²) in [6.07, 6.45) is 8.63. The largest absolute Gasteiger partial charge is 0.485 e. The Bertz CT molecular complexity index is 492. The summed E-state index contributed by atoms with van der Waals surface area (Å²) >= 11 is 0. The lowest BCUT2D eigenvalue weighted by Gasteiger charge is -2.34. The van der Waals surface area contributed by atoms with Gasteiger partial charge in [0.15, 0.2) is 0 Å². The van der Waals surface area contributed by atoms with E-state index in [2.05, 4.69) is 9.88 Å². The van der Waals surface area contributed by atoms with Crippen LogP contribution < -0.4 is 4.74 Å². The minimum Gasteiger partial charge on any atom is -0.485 e. The molecule has 3 atom stereocenters. The van der Waals surface area contributed by atoms with Gasteiger partial charge in [-0.15, -0.1) is 0 Å². The fourth-order valence-electron chi connectivity index (χ4n) is 4.17. The molecule has 5 nitrogen and oxygen atoms in total. The highest BCUT2D eigenvalue weighted by atomic mass is 16.5. The van der Waals surface area contributed by atoms with Crippen LogP contribution in [0, 0.1) is 5.92 Å². The van der Waals surface area contributed by atoms with Gasteiger partial charge in [-0.25, -0.2) is 0 Å². The first-order chi connectivity index (χ1) is 11.4. The maximum Gasteiger partial charge on any atom is 0.139 e. The van der Waals surface area contributed by atoms with E-state index in [1.807, 2.05) is 12.1 Å². The number of likely N-dealkylation sites (tertiary alicyclic amines) is 1. The molecular weight excluding hydrogens is 292 g/mol. The molecule has 0 bridgehead atoms. The molecule has 0 N–H and O–H groups in total. The average Bonchev–Trinajstić information content (AvgIpc) is 2.95. The third-order valence-electron chi connectivity index (χ3n) is 5.34. The van der Waals surface area contributed by atoms with E-state index in [1.54, 1.807) is 12.4 Å². The maximum atomic E-state index is 6.21. The fraction of sp³-hybridized carbons (Fsp3) is 0.722. The first-order valence-corrected chi connectivity index (χ1v) is 8.90. The number of pyridine rings is 1. The summed E-state index contributed by atoms with van der Waals surface area (Å²) in [6, 6.07) is 4.41. The van der Waals surface area contributed by atoms with Gasteiger partial charge in [0.25, 0.3) is 0 Å². The molecule has 4 heterocycles. The quantitative estimate of drug-likeness (QED) is 0.851. The van der Waals surface area contributed by atoms with Crippen molar-refractivity contribution in [3.05, 3.63) is 24.5 Å². The van der Waals surface area contributed by atoms with Crippen LogP contribution in [0.15, 0.2) is 24.5 Å². The molecule has 4 rings (SSSR count). The van der Waals surface area contributed by atoms with Crippen LogP contribution in [0.1, 0.15) is 25.7 Å². The standard InChI is InChI=1S/C18H26N2O3/c1-3-15(11-19-7-1)23-17-13-20(12-14-5-9-21-10-6-14)16-4-2-8-22-18(16)17/h1,3,7,11,14,16-18H,2,4-6,8-10,12-13H2/t16-,17+,18+/m0/s1. The van der Waals surface area contributed by atoms with Gasteiger partial charge in [0.1, 0.15) is 18.0 Å². The molecular formula is C18H26N2O3. The number of hydrogen-bond acceptors (Lipinski definition) is 5. The van der Waals surface area contributed by atoms with Crippen LogP contribution in [-0.4, -0.2) is 61.0 Å². The molecule has 23 heavy (non-hydrogen) atoms. The van der Waals surface area contributed by atoms with Crippen LogP contribution in [0.4, 0.5) is 0 Å². The Morgan fingerprint density at radius 3 is 2.96 bits per heavy atom. The SMILES string of the molecule is c1cncc(O[C@@H]2CN(CC3CCOCC3)[C@H]3CCCO[C@@H]23)c1. The maximum absolute atomic E-state index is 6.21. The third-order valence-corrected chi connectivity index (χ3v) is 5.34. The lowest BCUT2D eigenvalue weighted by molar-refractivity contribution is -0.0488. The summed E-state index contributed by atoms with van der Waals surface area (Å²) in [5, 5.41) is 0. The third kappa shape index (κ3) is 3.52. The summed E-state index contributed by atoms with van der Waals surface area (Å²) in [5.74, 6) is 1.60. The molecule has 0 radical (unpaired) electrons. The normalized spacial score (nSPS) is 32.6. The predicted octanol–water partition coefficient (Wildman–Crippen LogP) is 2.12. The highest BCUT2D eigenvalue weighted by Crippen LogP contribution is 2.33. The average molecular weight is 318 g/mol. The van der Waals surface area contributed by atoms with Crippen molar-refractivity contribution in [2.75, 3.05) is 32.9 Å². The highest BCUT2D eigenvalue weighted by molar-refractivity contribution is 5.17. The van der Waals surface area contributed by atoms with Crippen molar-refractivity contribution in [1.29, 1.82) is 0 Å². The van der Waals surface area contributed by atoms with Crippen LogP contribution in [-0.2, 0) is 9.47 Å². The molecule has 1 aromatic heterocycles. The number of aromatic nitrogens is 1. The van der Waals surface area contributed by atoms with Gasteiger partial charge >= 0.3 is 0 Å². The minimum absolute atomic E-state index is 0.115. The molecule has 126 valence electrons. The summed E-state index contributed by atoms with van der Waals surface area (Å²) in [4.78, 5) is 6.76. The van der Waals surface area contributed by atoms with E-state index in [9.17, 15) is 0 Å². The molecule has 5 heteroatoms. The van der Waals surface area contributed by atoms with Gasteiger partial charge in [-0.05, 0) is 43.7 Å². The van der Waals surface area contributed by atoms with Crippen LogP contribution in [0.5, 0.6) is 5.75 Å². The zero-order valence-corrected chi connectivity index (χ0v) is 13.6.